The molecule has 0 saturated carbocycles. The van der Waals surface area contributed by atoms with Gasteiger partial charge in [0.25, 0.3) is 5.56 Å². The molecule has 0 saturated heterocycles. The summed E-state index contributed by atoms with van der Waals surface area (Å²) in [6.07, 6.45) is 1.67. The summed E-state index contributed by atoms with van der Waals surface area (Å²) < 4.78 is 1.51. The van der Waals surface area contributed by atoms with Gasteiger partial charge in [-0.2, -0.15) is 5.26 Å². The molecule has 4 nitrogen and oxygen atoms in total. The summed E-state index contributed by atoms with van der Waals surface area (Å²) in [6.45, 7) is 0. The third-order valence-corrected chi connectivity index (χ3v) is 3.14. The van der Waals surface area contributed by atoms with Crippen molar-refractivity contribution in [3.8, 4) is 23.1 Å². The highest BCUT2D eigenvalue weighted by atomic mass is 16.1. The van der Waals surface area contributed by atoms with Crippen LogP contribution in [0.5, 0.6) is 0 Å². The molecule has 0 radical (unpaired) electrons. The van der Waals surface area contributed by atoms with Gasteiger partial charge in [-0.15, -0.1) is 0 Å². The van der Waals surface area contributed by atoms with E-state index < -0.39 is 0 Å². The fourth-order valence-corrected chi connectivity index (χ4v) is 2.17. The van der Waals surface area contributed by atoms with Crippen LogP contribution < -0.4 is 5.56 Å². The molecule has 3 rings (SSSR count). The molecule has 3 aromatic rings. The highest BCUT2D eigenvalue weighted by Crippen LogP contribution is 2.19. The second kappa shape index (κ2) is 5.43. The standard InChI is InChI=1S/C17H11N3O/c18-12-13-9-10-16(15-8-4-5-11-19-15)20(17(13)21)14-6-2-1-3-7-14/h1-11H. The highest BCUT2D eigenvalue weighted by molar-refractivity contribution is 5.59. The summed E-state index contributed by atoms with van der Waals surface area (Å²) in [5.41, 5.74) is 1.82. The summed E-state index contributed by atoms with van der Waals surface area (Å²) >= 11 is 0. The van der Waals surface area contributed by atoms with Crippen LogP contribution in [-0.2, 0) is 0 Å². The maximum absolute atomic E-state index is 12.5. The predicted octanol–water partition coefficient (Wildman–Crippen LogP) is 2.77. The second-order valence-electron chi connectivity index (χ2n) is 4.44. The largest absolute Gasteiger partial charge is 0.274 e. The Morgan fingerprint density at radius 1 is 0.952 bits per heavy atom. The Bertz CT molecular complexity index is 862. The molecule has 4 heteroatoms. The van der Waals surface area contributed by atoms with Crippen molar-refractivity contribution in [2.45, 2.75) is 0 Å². The number of pyridine rings is 2. The Hall–Kier alpha value is -3.19. The smallest absolute Gasteiger partial charge is 0.273 e. The van der Waals surface area contributed by atoms with Crippen LogP contribution in [0, 0.1) is 11.3 Å². The van der Waals surface area contributed by atoms with Gasteiger partial charge in [-0.05, 0) is 36.4 Å². The SMILES string of the molecule is N#Cc1ccc(-c2ccccn2)n(-c2ccccc2)c1=O. The first-order valence-electron chi connectivity index (χ1n) is 6.44. The second-order valence-corrected chi connectivity index (χ2v) is 4.44. The van der Waals surface area contributed by atoms with Crippen molar-refractivity contribution < 1.29 is 0 Å². The number of rotatable bonds is 2. The molecule has 1 aromatic carbocycles. The lowest BCUT2D eigenvalue weighted by molar-refractivity contribution is 0.983. The molecule has 2 heterocycles. The molecule has 0 N–H and O–H groups in total. The lowest BCUT2D eigenvalue weighted by Crippen LogP contribution is -2.22. The topological polar surface area (TPSA) is 58.7 Å². The molecule has 0 atom stereocenters. The Balaban J connectivity index is 2.35. The molecule has 100 valence electrons. The Morgan fingerprint density at radius 2 is 1.71 bits per heavy atom. The van der Waals surface area contributed by atoms with Crippen molar-refractivity contribution in [1.82, 2.24) is 9.55 Å². The number of nitriles is 1. The van der Waals surface area contributed by atoms with Gasteiger partial charge in [-0.3, -0.25) is 14.3 Å². The van der Waals surface area contributed by atoms with Gasteiger partial charge in [0.05, 0.1) is 11.4 Å². The average molecular weight is 273 g/mol. The molecule has 0 aliphatic carbocycles. The number of nitrogens with zero attached hydrogens (tertiary/aromatic N) is 3. The molecule has 0 aliphatic rings. The van der Waals surface area contributed by atoms with Crippen molar-refractivity contribution in [3.63, 3.8) is 0 Å². The third kappa shape index (κ3) is 2.33. The molecule has 0 spiro atoms. The van der Waals surface area contributed by atoms with Crippen molar-refractivity contribution in [3.05, 3.63) is 82.8 Å². The van der Waals surface area contributed by atoms with Crippen LogP contribution in [0.3, 0.4) is 0 Å². The van der Waals surface area contributed by atoms with Gasteiger partial charge in [0.15, 0.2) is 0 Å². The van der Waals surface area contributed by atoms with Crippen molar-refractivity contribution >= 4 is 0 Å². The zero-order valence-electron chi connectivity index (χ0n) is 11.1. The quantitative estimate of drug-likeness (QED) is 0.721. The van der Waals surface area contributed by atoms with E-state index in [0.29, 0.717) is 17.1 Å². The molecule has 21 heavy (non-hydrogen) atoms. The van der Waals surface area contributed by atoms with Crippen LogP contribution in [0.15, 0.2) is 71.7 Å². The lowest BCUT2D eigenvalue weighted by Gasteiger charge is -2.12. The van der Waals surface area contributed by atoms with E-state index in [1.807, 2.05) is 54.6 Å². The summed E-state index contributed by atoms with van der Waals surface area (Å²) in [6, 6.07) is 20.0. The van der Waals surface area contributed by atoms with Gasteiger partial charge in [0.2, 0.25) is 0 Å². The van der Waals surface area contributed by atoms with E-state index in [4.69, 9.17) is 5.26 Å². The first kappa shape index (κ1) is 12.8. The lowest BCUT2D eigenvalue weighted by atomic mass is 10.1. The molecule has 0 aliphatic heterocycles. The van der Waals surface area contributed by atoms with Crippen molar-refractivity contribution in [1.29, 1.82) is 5.26 Å². The maximum atomic E-state index is 12.5. The maximum Gasteiger partial charge on any atom is 0.273 e. The monoisotopic (exact) mass is 273 g/mol. The number of para-hydroxylation sites is 1. The Kier molecular flexibility index (Phi) is 3.32. The van der Waals surface area contributed by atoms with E-state index in [1.54, 1.807) is 12.3 Å². The fourth-order valence-electron chi connectivity index (χ4n) is 2.17. The van der Waals surface area contributed by atoms with Gasteiger partial charge in [-0.25, -0.2) is 0 Å². The van der Waals surface area contributed by atoms with E-state index >= 15 is 0 Å². The van der Waals surface area contributed by atoms with Crippen LogP contribution >= 0.6 is 0 Å². The molecule has 0 amide bonds. The molecular weight excluding hydrogens is 262 g/mol. The number of hydrogen-bond acceptors (Lipinski definition) is 3. The molecule has 0 bridgehead atoms. The third-order valence-electron chi connectivity index (χ3n) is 3.14. The van der Waals surface area contributed by atoms with E-state index in [1.165, 1.54) is 10.6 Å². The number of hydrogen-bond donors (Lipinski definition) is 0. The van der Waals surface area contributed by atoms with E-state index in [9.17, 15) is 4.79 Å². The van der Waals surface area contributed by atoms with Crippen LogP contribution in [0.4, 0.5) is 0 Å². The first-order chi connectivity index (χ1) is 10.3. The van der Waals surface area contributed by atoms with Crippen molar-refractivity contribution in [2.75, 3.05) is 0 Å². The minimum atomic E-state index is -0.341. The van der Waals surface area contributed by atoms with E-state index in [-0.39, 0.29) is 11.1 Å². The van der Waals surface area contributed by atoms with E-state index in [2.05, 4.69) is 4.98 Å². The molecular formula is C17H11N3O. The average Bonchev–Trinajstić information content (AvgIpc) is 2.56. The number of aromatic nitrogens is 2. The summed E-state index contributed by atoms with van der Waals surface area (Å²) in [4.78, 5) is 16.8. The minimum Gasteiger partial charge on any atom is -0.274 e. The normalized spacial score (nSPS) is 10.0. The molecule has 2 aromatic heterocycles. The predicted molar refractivity (Wildman–Crippen MR) is 80.0 cm³/mol. The van der Waals surface area contributed by atoms with Gasteiger partial charge in [-0.1, -0.05) is 24.3 Å². The van der Waals surface area contributed by atoms with Gasteiger partial charge in [0.1, 0.15) is 11.6 Å². The molecule has 0 fully saturated rings. The zero-order chi connectivity index (χ0) is 14.7. The van der Waals surface area contributed by atoms with E-state index in [0.717, 1.165) is 0 Å². The van der Waals surface area contributed by atoms with Crippen LogP contribution in [-0.4, -0.2) is 9.55 Å². The van der Waals surface area contributed by atoms with Gasteiger partial charge in [0, 0.05) is 11.9 Å². The van der Waals surface area contributed by atoms with Gasteiger partial charge >= 0.3 is 0 Å². The minimum absolute atomic E-state index is 0.110. The Morgan fingerprint density at radius 3 is 2.38 bits per heavy atom. The summed E-state index contributed by atoms with van der Waals surface area (Å²) in [5.74, 6) is 0. The van der Waals surface area contributed by atoms with Crippen LogP contribution in [0.25, 0.3) is 17.1 Å². The highest BCUT2D eigenvalue weighted by Gasteiger charge is 2.12. The fraction of sp³-hybridized carbons (Fsp3) is 0. The zero-order valence-corrected chi connectivity index (χ0v) is 11.1. The van der Waals surface area contributed by atoms with Crippen molar-refractivity contribution in [2.24, 2.45) is 0 Å². The van der Waals surface area contributed by atoms with Crippen LogP contribution in [0.2, 0.25) is 0 Å². The summed E-state index contributed by atoms with van der Waals surface area (Å²) in [5, 5.41) is 9.07. The van der Waals surface area contributed by atoms with Crippen LogP contribution in [0.1, 0.15) is 5.56 Å². The molecule has 0 unspecified atom stereocenters. The number of benzene rings is 1. The first-order valence-corrected chi connectivity index (χ1v) is 6.44. The van der Waals surface area contributed by atoms with Gasteiger partial charge < -0.3 is 0 Å². The Labute approximate surface area is 121 Å². The summed E-state index contributed by atoms with van der Waals surface area (Å²) in [7, 11) is 0.